The van der Waals surface area contributed by atoms with Crippen LogP contribution in [0.4, 0.5) is 17.1 Å². The fourth-order valence-electron chi connectivity index (χ4n) is 9.46. The Kier molecular flexibility index (Phi) is 8.26. The number of hydrogen-bond donors (Lipinski definition) is 0. The fourth-order valence-corrected chi connectivity index (χ4v) is 11.9. The fraction of sp³-hybridized carbons (Fsp3) is 0. The van der Waals surface area contributed by atoms with E-state index in [0.29, 0.717) is 0 Å². The average Bonchev–Trinajstić information content (AvgIpc) is 3.93. The van der Waals surface area contributed by atoms with Gasteiger partial charge in [0.05, 0.1) is 0 Å². The molecule has 0 fully saturated rings. The summed E-state index contributed by atoms with van der Waals surface area (Å²) in [5.74, 6) is 0. The summed E-state index contributed by atoms with van der Waals surface area (Å²) in [5.41, 5.74) is 10.3. The van der Waals surface area contributed by atoms with Crippen molar-refractivity contribution in [3.63, 3.8) is 0 Å². The van der Waals surface area contributed by atoms with Gasteiger partial charge in [-0.05, 0) is 115 Å². The van der Waals surface area contributed by atoms with Gasteiger partial charge in [0.15, 0.2) is 0 Å². The second-order valence-electron chi connectivity index (χ2n) is 16.2. The lowest BCUT2D eigenvalue weighted by atomic mass is 9.96. The van der Waals surface area contributed by atoms with Crippen molar-refractivity contribution in [1.29, 1.82) is 0 Å². The third-order valence-electron chi connectivity index (χ3n) is 12.6. The molecule has 13 aromatic rings. The van der Waals surface area contributed by atoms with E-state index in [4.69, 9.17) is 9.97 Å². The minimum Gasteiger partial charge on any atom is -0.310 e. The van der Waals surface area contributed by atoms with Crippen molar-refractivity contribution in [3.05, 3.63) is 213 Å². The summed E-state index contributed by atoms with van der Waals surface area (Å²) in [6.07, 6.45) is 8.02. The highest BCUT2D eigenvalue weighted by Crippen LogP contribution is 2.44. The van der Waals surface area contributed by atoms with E-state index < -0.39 is 0 Å². The van der Waals surface area contributed by atoms with Gasteiger partial charge in [-0.2, -0.15) is 0 Å². The van der Waals surface area contributed by atoms with Gasteiger partial charge in [-0.15, -0.1) is 22.7 Å². The Morgan fingerprint density at radius 3 is 1.35 bits per heavy atom. The highest BCUT2D eigenvalue weighted by Gasteiger charge is 2.18. The molecular weight excluding hydrogens is 803 g/mol. The minimum absolute atomic E-state index is 1.08. The Balaban J connectivity index is 0.911. The Hall–Kier alpha value is -7.70. The van der Waals surface area contributed by atoms with Crippen molar-refractivity contribution in [3.8, 4) is 33.4 Å². The SMILES string of the molecule is c1ccc2cc(-c3ccc4c(ccc5cc(N(c6ccc(-c7cncc8c7sc7ccccc78)cc6)c6ccc(-c7cncc8c7sc7ccccc78)cc6)ccc54)c3)ccc2c1. The molecule has 0 saturated carbocycles. The second-order valence-corrected chi connectivity index (χ2v) is 18.3. The lowest BCUT2D eigenvalue weighted by molar-refractivity contribution is 1.29. The van der Waals surface area contributed by atoms with Crippen molar-refractivity contribution in [2.24, 2.45) is 0 Å². The smallest absolute Gasteiger partial charge is 0.0468 e. The molecule has 0 amide bonds. The molecule has 0 bridgehead atoms. The summed E-state index contributed by atoms with van der Waals surface area (Å²) in [5, 5.41) is 12.3. The maximum absolute atomic E-state index is 4.70. The maximum atomic E-state index is 4.70. The van der Waals surface area contributed by atoms with Crippen molar-refractivity contribution < 1.29 is 0 Å². The highest BCUT2D eigenvalue weighted by molar-refractivity contribution is 7.26. The van der Waals surface area contributed by atoms with Gasteiger partial charge in [-0.3, -0.25) is 9.97 Å². The molecule has 0 aliphatic heterocycles. The molecule has 0 N–H and O–H groups in total. The van der Waals surface area contributed by atoms with E-state index in [1.807, 2.05) is 47.5 Å². The minimum atomic E-state index is 1.08. The molecule has 9 aromatic carbocycles. The van der Waals surface area contributed by atoms with Crippen molar-refractivity contribution in [1.82, 2.24) is 9.97 Å². The summed E-state index contributed by atoms with van der Waals surface area (Å²) in [6.45, 7) is 0. The van der Waals surface area contributed by atoms with E-state index in [1.54, 1.807) is 0 Å². The average molecular weight is 838 g/mol. The Bertz CT molecular complexity index is 3760. The predicted molar refractivity (Wildman–Crippen MR) is 271 cm³/mol. The Labute approximate surface area is 371 Å². The summed E-state index contributed by atoms with van der Waals surface area (Å²) in [7, 11) is 0. The van der Waals surface area contributed by atoms with Crippen LogP contribution < -0.4 is 4.90 Å². The molecule has 3 nitrogen and oxygen atoms in total. The van der Waals surface area contributed by atoms with Crippen LogP contribution in [0.5, 0.6) is 0 Å². The number of anilines is 3. The first-order valence-corrected chi connectivity index (χ1v) is 22.8. The van der Waals surface area contributed by atoms with Crippen LogP contribution in [0, 0.1) is 0 Å². The Morgan fingerprint density at radius 2 is 0.746 bits per heavy atom. The van der Waals surface area contributed by atoms with Crippen LogP contribution in [-0.2, 0) is 0 Å². The zero-order chi connectivity index (χ0) is 41.4. The Morgan fingerprint density at radius 1 is 0.302 bits per heavy atom. The number of benzene rings is 9. The molecule has 0 aliphatic carbocycles. The standard InChI is InChI=1S/C58H35N3S2/c1-2-8-39-29-40(14-13-36(39)7-1)41-21-27-47-42(30-41)15-16-43-31-46(26-28-48(43)47)61(44-22-17-37(18-23-44)51-32-59-34-53-49-9-3-5-11-55(49)62-57(51)53)45-24-19-38(20-25-45)52-33-60-35-54-50-10-4-6-12-56(50)63-58(52)54/h1-35H. The summed E-state index contributed by atoms with van der Waals surface area (Å²) in [6, 6.07) is 68.8. The van der Waals surface area contributed by atoms with Crippen LogP contribution >= 0.6 is 22.7 Å². The first kappa shape index (κ1) is 36.0. The van der Waals surface area contributed by atoms with Crippen molar-refractivity contribution in [2.75, 3.05) is 4.90 Å². The van der Waals surface area contributed by atoms with Crippen LogP contribution in [0.3, 0.4) is 0 Å². The maximum Gasteiger partial charge on any atom is 0.0468 e. The molecule has 0 atom stereocenters. The number of thiophene rings is 2. The molecule has 0 unspecified atom stereocenters. The quantitative estimate of drug-likeness (QED) is 0.156. The molecular formula is C58H35N3S2. The summed E-state index contributed by atoms with van der Waals surface area (Å²) in [4.78, 5) is 11.8. The molecule has 0 radical (unpaired) electrons. The normalized spacial score (nSPS) is 11.8. The van der Waals surface area contributed by atoms with Crippen molar-refractivity contribution in [2.45, 2.75) is 0 Å². The van der Waals surface area contributed by atoms with Crippen LogP contribution in [0.2, 0.25) is 0 Å². The number of aromatic nitrogens is 2. The van der Waals surface area contributed by atoms with Gasteiger partial charge in [0.1, 0.15) is 0 Å². The largest absolute Gasteiger partial charge is 0.310 e. The van der Waals surface area contributed by atoms with Gasteiger partial charge in [0.25, 0.3) is 0 Å². The summed E-state index contributed by atoms with van der Waals surface area (Å²) >= 11 is 3.67. The molecule has 5 heteroatoms. The van der Waals surface area contributed by atoms with E-state index in [-0.39, 0.29) is 0 Å². The van der Waals surface area contributed by atoms with E-state index in [2.05, 4.69) is 193 Å². The molecule has 4 heterocycles. The topological polar surface area (TPSA) is 29.0 Å². The zero-order valence-electron chi connectivity index (χ0n) is 33.9. The lowest BCUT2D eigenvalue weighted by Gasteiger charge is -2.26. The van der Waals surface area contributed by atoms with Gasteiger partial charge < -0.3 is 4.90 Å². The van der Waals surface area contributed by atoms with Gasteiger partial charge in [0, 0.05) is 93.3 Å². The first-order chi connectivity index (χ1) is 31.2. The number of fused-ring (bicyclic) bond motifs is 10. The number of hydrogen-bond acceptors (Lipinski definition) is 5. The molecule has 294 valence electrons. The molecule has 4 aromatic heterocycles. The van der Waals surface area contributed by atoms with Crippen LogP contribution in [0.15, 0.2) is 213 Å². The predicted octanol–water partition coefficient (Wildman–Crippen LogP) is 17.1. The van der Waals surface area contributed by atoms with Gasteiger partial charge in [-0.1, -0.05) is 127 Å². The van der Waals surface area contributed by atoms with E-state index >= 15 is 0 Å². The van der Waals surface area contributed by atoms with Crippen molar-refractivity contribution >= 4 is 112 Å². The third kappa shape index (κ3) is 6.00. The second kappa shape index (κ2) is 14.5. The third-order valence-corrected chi connectivity index (χ3v) is 15.0. The van der Waals surface area contributed by atoms with Crippen LogP contribution in [0.25, 0.3) is 106 Å². The number of nitrogens with zero attached hydrogens (tertiary/aromatic N) is 3. The monoisotopic (exact) mass is 837 g/mol. The van der Waals surface area contributed by atoms with Crippen LogP contribution in [0.1, 0.15) is 0 Å². The van der Waals surface area contributed by atoms with Gasteiger partial charge >= 0.3 is 0 Å². The van der Waals surface area contributed by atoms with Gasteiger partial charge in [-0.25, -0.2) is 0 Å². The number of pyridine rings is 2. The lowest BCUT2D eigenvalue weighted by Crippen LogP contribution is -2.09. The molecule has 0 aliphatic rings. The number of rotatable bonds is 6. The molecule has 63 heavy (non-hydrogen) atoms. The van der Waals surface area contributed by atoms with E-state index in [9.17, 15) is 0 Å². The van der Waals surface area contributed by atoms with E-state index in [0.717, 1.165) is 39.3 Å². The highest BCUT2D eigenvalue weighted by atomic mass is 32.1. The zero-order valence-corrected chi connectivity index (χ0v) is 35.5. The molecule has 0 saturated heterocycles. The van der Waals surface area contributed by atoms with E-state index in [1.165, 1.54) is 83.8 Å². The molecule has 0 spiro atoms. The van der Waals surface area contributed by atoms with Gasteiger partial charge in [0.2, 0.25) is 0 Å². The van der Waals surface area contributed by atoms with Crippen LogP contribution in [-0.4, -0.2) is 9.97 Å². The summed E-state index contributed by atoms with van der Waals surface area (Å²) < 4.78 is 5.09. The first-order valence-electron chi connectivity index (χ1n) is 21.2. The molecule has 13 rings (SSSR count).